The minimum atomic E-state index is -1.21. The van der Waals surface area contributed by atoms with Crippen LogP contribution in [0.3, 0.4) is 0 Å². The zero-order valence-corrected chi connectivity index (χ0v) is 28.0. The molecule has 0 heterocycles. The van der Waals surface area contributed by atoms with Crippen LogP contribution in [0.4, 0.5) is 0 Å². The van der Waals surface area contributed by atoms with E-state index in [0.717, 1.165) is 40.4 Å². The molecule has 0 unspecified atom stereocenters. The molecular formula is C22H22O10S2Zn2. The first-order valence-corrected chi connectivity index (χ1v) is 10.1. The van der Waals surface area contributed by atoms with Crippen molar-refractivity contribution < 1.29 is 86.6 Å². The van der Waals surface area contributed by atoms with Crippen LogP contribution in [0.2, 0.25) is 0 Å². The van der Waals surface area contributed by atoms with E-state index in [4.69, 9.17) is 0 Å². The van der Waals surface area contributed by atoms with Crippen LogP contribution in [0.25, 0.3) is 0 Å². The number of ether oxygens (including phenoxy) is 5. The number of methoxy groups -OCH3 is 5. The van der Waals surface area contributed by atoms with E-state index in [-0.39, 0.29) is 39.0 Å². The second-order valence-electron chi connectivity index (χ2n) is 6.02. The van der Waals surface area contributed by atoms with E-state index in [1.165, 1.54) is 0 Å². The van der Waals surface area contributed by atoms with E-state index in [0.29, 0.717) is 0 Å². The van der Waals surface area contributed by atoms with E-state index in [9.17, 15) is 24.0 Å². The van der Waals surface area contributed by atoms with Crippen molar-refractivity contribution in [1.82, 2.24) is 0 Å². The van der Waals surface area contributed by atoms with Crippen LogP contribution in [-0.4, -0.2) is 65.4 Å². The molecule has 36 heavy (non-hydrogen) atoms. The van der Waals surface area contributed by atoms with Gasteiger partial charge in [-0.3, -0.25) is 0 Å². The fourth-order valence-electron chi connectivity index (χ4n) is 2.68. The van der Waals surface area contributed by atoms with Crippen molar-refractivity contribution in [3.63, 3.8) is 0 Å². The molecule has 2 aromatic carbocycles. The Morgan fingerprint density at radius 1 is 0.500 bits per heavy atom. The zero-order valence-electron chi connectivity index (χ0n) is 20.3. The predicted octanol–water partition coefficient (Wildman–Crippen LogP) is 2.88. The third-order valence-electron chi connectivity index (χ3n) is 4.18. The van der Waals surface area contributed by atoms with Crippen LogP contribution in [-0.2, 0) is 62.6 Å². The molecule has 0 saturated heterocycles. The number of carbonyl (C=O) groups excluding carboxylic acids is 5. The van der Waals surface area contributed by atoms with Crippen molar-refractivity contribution in [3.05, 3.63) is 58.1 Å². The quantitative estimate of drug-likeness (QED) is 0.218. The molecule has 0 atom stereocenters. The van der Waals surface area contributed by atoms with Gasteiger partial charge in [-0.15, -0.1) is 25.3 Å². The summed E-state index contributed by atoms with van der Waals surface area (Å²) in [5, 5.41) is 0. The normalized spacial score (nSPS) is 9.08. The zero-order chi connectivity index (χ0) is 26.0. The summed E-state index contributed by atoms with van der Waals surface area (Å²) >= 11 is 8.16. The van der Waals surface area contributed by atoms with E-state index in [1.54, 1.807) is 0 Å². The molecule has 14 heteroatoms. The Balaban J connectivity index is 0. The van der Waals surface area contributed by atoms with Gasteiger partial charge in [0.1, 0.15) is 0 Å². The van der Waals surface area contributed by atoms with Gasteiger partial charge in [-0.2, -0.15) is 0 Å². The van der Waals surface area contributed by atoms with Crippen LogP contribution in [0, 0.1) is 0 Å². The molecule has 2 aromatic rings. The van der Waals surface area contributed by atoms with Crippen molar-refractivity contribution in [2.45, 2.75) is 9.79 Å². The third-order valence-corrected chi connectivity index (χ3v) is 4.92. The van der Waals surface area contributed by atoms with Crippen molar-refractivity contribution in [3.8, 4) is 0 Å². The van der Waals surface area contributed by atoms with Gasteiger partial charge in [0.25, 0.3) is 0 Å². The summed E-state index contributed by atoms with van der Waals surface area (Å²) in [6, 6.07) is 9.79. The second kappa shape index (κ2) is 17.2. The molecule has 0 spiro atoms. The number of esters is 5. The first-order valence-electron chi connectivity index (χ1n) is 9.19. The number of benzene rings is 2. The minimum absolute atomic E-state index is 0. The van der Waals surface area contributed by atoms with E-state index in [2.05, 4.69) is 48.9 Å². The topological polar surface area (TPSA) is 132 Å². The van der Waals surface area contributed by atoms with Gasteiger partial charge in [0.2, 0.25) is 0 Å². The minimum Gasteiger partial charge on any atom is -0.465 e. The number of carbonyl (C=O) groups is 5. The summed E-state index contributed by atoms with van der Waals surface area (Å²) in [5.41, 5.74) is -3.24. The van der Waals surface area contributed by atoms with Crippen LogP contribution >= 0.6 is 25.3 Å². The summed E-state index contributed by atoms with van der Waals surface area (Å²) in [6.07, 6.45) is 0. The molecular weight excluding hydrogens is 619 g/mol. The Bertz CT molecular complexity index is 1050. The fraction of sp³-hybridized carbons (Fsp3) is 0.227. The standard InChI is InChI=1S/C16H16O10S.C6H6S.2Zn/c1-22-12(17)6-7(13(18)23-2)9(15(20)25-4)11(27)10(16(21)26-5)8(6)14(19)24-3;7-6-4-2-1-3-5-6;;/h27H,1-5H3;1-5,7H;;. The van der Waals surface area contributed by atoms with Gasteiger partial charge < -0.3 is 23.7 Å². The molecule has 0 radical (unpaired) electrons. The van der Waals surface area contributed by atoms with Gasteiger partial charge in [-0.1, -0.05) is 18.2 Å². The molecule has 0 saturated carbocycles. The number of hydrogen-bond acceptors (Lipinski definition) is 12. The molecule has 2 rings (SSSR count). The maximum absolute atomic E-state index is 12.4. The molecule has 0 aliphatic rings. The van der Waals surface area contributed by atoms with Crippen LogP contribution in [0.1, 0.15) is 51.8 Å². The summed E-state index contributed by atoms with van der Waals surface area (Å²) in [4.78, 5) is 62.1. The molecule has 0 aliphatic heterocycles. The first kappa shape index (κ1) is 35.9. The number of thiol groups is 2. The van der Waals surface area contributed by atoms with Crippen LogP contribution in [0.5, 0.6) is 0 Å². The van der Waals surface area contributed by atoms with Crippen molar-refractivity contribution in [1.29, 1.82) is 0 Å². The van der Waals surface area contributed by atoms with E-state index >= 15 is 0 Å². The first-order chi connectivity index (χ1) is 16.1. The Morgan fingerprint density at radius 3 is 0.972 bits per heavy atom. The second-order valence-corrected chi connectivity index (χ2v) is 6.98. The van der Waals surface area contributed by atoms with Gasteiger partial charge in [0, 0.05) is 48.7 Å². The molecule has 0 fully saturated rings. The smallest absolute Gasteiger partial charge is 0.339 e. The molecule has 186 valence electrons. The van der Waals surface area contributed by atoms with Crippen molar-refractivity contribution >= 4 is 55.1 Å². The Hall–Kier alpha value is -2.26. The molecule has 0 N–H and O–H groups in total. The molecule has 0 bridgehead atoms. The third kappa shape index (κ3) is 8.40. The average Bonchev–Trinajstić information content (AvgIpc) is 2.86. The van der Waals surface area contributed by atoms with Gasteiger partial charge in [-0.05, 0) is 12.1 Å². The van der Waals surface area contributed by atoms with Gasteiger partial charge in [0.15, 0.2) is 0 Å². The molecule has 10 nitrogen and oxygen atoms in total. The van der Waals surface area contributed by atoms with Crippen LogP contribution < -0.4 is 0 Å². The SMILES string of the molecule is COC(=O)c1c(S)c(C(=O)OC)c(C(=O)OC)c(C(=O)OC)c1C(=O)OC.Sc1ccccc1.[Zn].[Zn]. The Morgan fingerprint density at radius 2 is 0.750 bits per heavy atom. The van der Waals surface area contributed by atoms with Gasteiger partial charge >= 0.3 is 29.8 Å². The van der Waals surface area contributed by atoms with Gasteiger partial charge in [-0.25, -0.2) is 24.0 Å². The predicted molar refractivity (Wildman–Crippen MR) is 124 cm³/mol. The van der Waals surface area contributed by atoms with Crippen molar-refractivity contribution in [2.75, 3.05) is 35.5 Å². The largest absolute Gasteiger partial charge is 0.465 e. The monoisotopic (exact) mass is 638 g/mol. The summed E-state index contributed by atoms with van der Waals surface area (Å²) < 4.78 is 23.0. The molecule has 0 aromatic heterocycles. The average molecular weight is 641 g/mol. The van der Waals surface area contributed by atoms with Gasteiger partial charge in [0.05, 0.1) is 63.4 Å². The number of rotatable bonds is 5. The number of hydrogen-bond donors (Lipinski definition) is 2. The Kier molecular flexibility index (Phi) is 17.2. The van der Waals surface area contributed by atoms with Crippen LogP contribution in [0.15, 0.2) is 40.1 Å². The summed E-state index contributed by atoms with van der Waals surface area (Å²) in [5.74, 6) is -5.79. The van der Waals surface area contributed by atoms with E-state index in [1.807, 2.05) is 30.3 Å². The summed E-state index contributed by atoms with van der Waals surface area (Å²) in [7, 11) is 4.93. The Labute approximate surface area is 244 Å². The maximum atomic E-state index is 12.4. The fourth-order valence-corrected chi connectivity index (χ4v) is 3.26. The van der Waals surface area contributed by atoms with E-state index < -0.39 is 62.6 Å². The van der Waals surface area contributed by atoms with Crippen molar-refractivity contribution in [2.24, 2.45) is 0 Å². The maximum Gasteiger partial charge on any atom is 0.339 e. The molecule has 0 aliphatic carbocycles. The molecule has 0 amide bonds. The summed E-state index contributed by atoms with van der Waals surface area (Å²) in [6.45, 7) is 0.